The molecule has 0 spiro atoms. The van der Waals surface area contributed by atoms with Crippen LogP contribution in [0.1, 0.15) is 58.3 Å². The molecule has 1 saturated carbocycles. The molecule has 0 bridgehead atoms. The van der Waals surface area contributed by atoms with Gasteiger partial charge in [-0.15, -0.1) is 0 Å². The fourth-order valence-electron chi connectivity index (χ4n) is 3.34. The number of amides is 1. The van der Waals surface area contributed by atoms with Crippen molar-refractivity contribution in [3.8, 4) is 0 Å². The first kappa shape index (κ1) is 16.3. The molecule has 1 amide bonds. The minimum absolute atomic E-state index is 0.0510. The van der Waals surface area contributed by atoms with Crippen LogP contribution in [0.5, 0.6) is 0 Å². The molecule has 2 fully saturated rings. The predicted molar refractivity (Wildman–Crippen MR) is 78.8 cm³/mol. The van der Waals surface area contributed by atoms with Crippen LogP contribution in [-0.4, -0.2) is 48.7 Å². The fourth-order valence-corrected chi connectivity index (χ4v) is 3.34. The number of carbonyl (C=O) groups excluding carboxylic acids is 2. The van der Waals surface area contributed by atoms with Crippen molar-refractivity contribution < 1.29 is 19.1 Å². The number of hydrogen-bond acceptors (Lipinski definition) is 4. The van der Waals surface area contributed by atoms with E-state index < -0.39 is 0 Å². The molecule has 5 heteroatoms. The van der Waals surface area contributed by atoms with Gasteiger partial charge in [0.25, 0.3) is 0 Å². The van der Waals surface area contributed by atoms with Crippen LogP contribution in [0.3, 0.4) is 0 Å². The Labute approximate surface area is 127 Å². The molecule has 0 aromatic rings. The van der Waals surface area contributed by atoms with Crippen LogP contribution < -0.4 is 0 Å². The second-order valence-electron chi connectivity index (χ2n) is 6.04. The molecule has 0 radical (unpaired) electrons. The highest BCUT2D eigenvalue weighted by atomic mass is 16.5. The standard InChI is InChI=1S/C16H27NO4/c1-3-15(18)17-10-5-4-9-14(17)16(19)21-13-8-6-7-12(11-13)20-2/h12-14H,3-11H2,1-2H3/t12-,13+,14+/m0/s1. The number of piperidine rings is 1. The van der Waals surface area contributed by atoms with Crippen LogP contribution in [-0.2, 0) is 19.1 Å². The number of methoxy groups -OCH3 is 1. The molecule has 21 heavy (non-hydrogen) atoms. The number of ether oxygens (including phenoxy) is 2. The van der Waals surface area contributed by atoms with Gasteiger partial charge in [-0.25, -0.2) is 4.79 Å². The number of esters is 1. The Balaban J connectivity index is 1.92. The molecular formula is C16H27NO4. The van der Waals surface area contributed by atoms with Crippen LogP contribution in [0.15, 0.2) is 0 Å². The minimum atomic E-state index is -0.380. The summed E-state index contributed by atoms with van der Waals surface area (Å²) in [4.78, 5) is 26.1. The van der Waals surface area contributed by atoms with Crippen LogP contribution in [0, 0.1) is 0 Å². The lowest BCUT2D eigenvalue weighted by molar-refractivity contribution is -0.164. The Morgan fingerprint density at radius 3 is 2.57 bits per heavy atom. The van der Waals surface area contributed by atoms with E-state index >= 15 is 0 Å². The number of rotatable bonds is 4. The summed E-state index contributed by atoms with van der Waals surface area (Å²) in [5.41, 5.74) is 0. The molecule has 3 atom stereocenters. The number of likely N-dealkylation sites (tertiary alicyclic amines) is 1. The molecule has 2 aliphatic rings. The van der Waals surface area contributed by atoms with E-state index in [0.717, 1.165) is 44.9 Å². The van der Waals surface area contributed by atoms with Crippen molar-refractivity contribution in [2.45, 2.75) is 76.5 Å². The normalized spacial score (nSPS) is 30.0. The largest absolute Gasteiger partial charge is 0.461 e. The quantitative estimate of drug-likeness (QED) is 0.747. The highest BCUT2D eigenvalue weighted by Crippen LogP contribution is 2.25. The summed E-state index contributed by atoms with van der Waals surface area (Å²) in [5, 5.41) is 0. The third-order valence-corrected chi connectivity index (χ3v) is 4.59. The molecule has 1 saturated heterocycles. The van der Waals surface area contributed by atoms with Crippen LogP contribution in [0.4, 0.5) is 0 Å². The first-order valence-corrected chi connectivity index (χ1v) is 8.18. The van der Waals surface area contributed by atoms with E-state index in [0.29, 0.717) is 13.0 Å². The molecule has 1 aliphatic heterocycles. The Hall–Kier alpha value is -1.10. The highest BCUT2D eigenvalue weighted by molar-refractivity contribution is 5.84. The molecule has 0 N–H and O–H groups in total. The second-order valence-corrected chi connectivity index (χ2v) is 6.04. The molecule has 0 unspecified atom stereocenters. The van der Waals surface area contributed by atoms with Gasteiger partial charge in [0, 0.05) is 26.5 Å². The molecule has 120 valence electrons. The Morgan fingerprint density at radius 1 is 1.10 bits per heavy atom. The van der Waals surface area contributed by atoms with Gasteiger partial charge >= 0.3 is 5.97 Å². The smallest absolute Gasteiger partial charge is 0.329 e. The lowest BCUT2D eigenvalue weighted by Gasteiger charge is -2.36. The second kappa shape index (κ2) is 7.78. The van der Waals surface area contributed by atoms with E-state index in [9.17, 15) is 9.59 Å². The van der Waals surface area contributed by atoms with E-state index in [-0.39, 0.29) is 30.1 Å². The molecule has 0 aromatic heterocycles. The van der Waals surface area contributed by atoms with Gasteiger partial charge < -0.3 is 14.4 Å². The Kier molecular flexibility index (Phi) is 6.03. The Morgan fingerprint density at radius 2 is 1.86 bits per heavy atom. The van der Waals surface area contributed by atoms with E-state index in [1.807, 2.05) is 6.92 Å². The number of hydrogen-bond donors (Lipinski definition) is 0. The number of carbonyl (C=O) groups is 2. The zero-order chi connectivity index (χ0) is 15.2. The summed E-state index contributed by atoms with van der Waals surface area (Å²) in [6, 6.07) is -0.380. The topological polar surface area (TPSA) is 55.8 Å². The first-order chi connectivity index (χ1) is 10.2. The molecular weight excluding hydrogens is 270 g/mol. The molecule has 1 heterocycles. The van der Waals surface area contributed by atoms with Crippen molar-refractivity contribution in [3.05, 3.63) is 0 Å². The lowest BCUT2D eigenvalue weighted by Crippen LogP contribution is -2.49. The molecule has 1 aliphatic carbocycles. The summed E-state index contributed by atoms with van der Waals surface area (Å²) in [7, 11) is 1.71. The summed E-state index contributed by atoms with van der Waals surface area (Å²) in [5.74, 6) is -0.173. The monoisotopic (exact) mass is 297 g/mol. The third kappa shape index (κ3) is 4.19. The van der Waals surface area contributed by atoms with Crippen molar-refractivity contribution in [2.75, 3.05) is 13.7 Å². The fraction of sp³-hybridized carbons (Fsp3) is 0.875. The molecule has 0 aromatic carbocycles. The number of nitrogens with zero attached hydrogens (tertiary/aromatic N) is 1. The van der Waals surface area contributed by atoms with Gasteiger partial charge in [0.15, 0.2) is 0 Å². The van der Waals surface area contributed by atoms with E-state index in [1.54, 1.807) is 12.0 Å². The van der Waals surface area contributed by atoms with Gasteiger partial charge in [-0.3, -0.25) is 4.79 Å². The maximum atomic E-state index is 12.4. The average molecular weight is 297 g/mol. The molecule has 5 nitrogen and oxygen atoms in total. The summed E-state index contributed by atoms with van der Waals surface area (Å²) in [6.07, 6.45) is 7.00. The first-order valence-electron chi connectivity index (χ1n) is 8.18. The van der Waals surface area contributed by atoms with Gasteiger partial charge in [-0.05, 0) is 38.5 Å². The summed E-state index contributed by atoms with van der Waals surface area (Å²) in [6.45, 7) is 2.52. The zero-order valence-corrected chi connectivity index (χ0v) is 13.2. The Bertz CT molecular complexity index is 371. The van der Waals surface area contributed by atoms with Crippen molar-refractivity contribution >= 4 is 11.9 Å². The zero-order valence-electron chi connectivity index (χ0n) is 13.2. The van der Waals surface area contributed by atoms with Crippen LogP contribution in [0.25, 0.3) is 0 Å². The lowest BCUT2D eigenvalue weighted by atomic mass is 9.94. The van der Waals surface area contributed by atoms with Gasteiger partial charge in [-0.1, -0.05) is 6.92 Å². The van der Waals surface area contributed by atoms with Gasteiger partial charge in [0.05, 0.1) is 6.10 Å². The summed E-state index contributed by atoms with van der Waals surface area (Å²) >= 11 is 0. The summed E-state index contributed by atoms with van der Waals surface area (Å²) < 4.78 is 11.0. The SMILES string of the molecule is CCC(=O)N1CCCC[C@@H]1C(=O)O[C@@H]1CCC[C@H](OC)C1. The van der Waals surface area contributed by atoms with E-state index in [4.69, 9.17) is 9.47 Å². The minimum Gasteiger partial charge on any atom is -0.461 e. The van der Waals surface area contributed by atoms with Gasteiger partial charge in [0.2, 0.25) is 5.91 Å². The van der Waals surface area contributed by atoms with Crippen molar-refractivity contribution in [1.82, 2.24) is 4.90 Å². The van der Waals surface area contributed by atoms with Crippen LogP contribution >= 0.6 is 0 Å². The van der Waals surface area contributed by atoms with Crippen molar-refractivity contribution in [2.24, 2.45) is 0 Å². The van der Waals surface area contributed by atoms with Gasteiger partial charge in [-0.2, -0.15) is 0 Å². The van der Waals surface area contributed by atoms with Crippen molar-refractivity contribution in [1.29, 1.82) is 0 Å². The van der Waals surface area contributed by atoms with Gasteiger partial charge in [0.1, 0.15) is 12.1 Å². The van der Waals surface area contributed by atoms with Crippen LogP contribution in [0.2, 0.25) is 0 Å². The maximum absolute atomic E-state index is 12.4. The predicted octanol–water partition coefficient (Wildman–Crippen LogP) is 2.28. The molecule has 2 rings (SSSR count). The maximum Gasteiger partial charge on any atom is 0.329 e. The van der Waals surface area contributed by atoms with E-state index in [2.05, 4.69) is 0 Å². The average Bonchev–Trinajstić information content (AvgIpc) is 2.54. The van der Waals surface area contributed by atoms with E-state index in [1.165, 1.54) is 0 Å². The van der Waals surface area contributed by atoms with Crippen molar-refractivity contribution in [3.63, 3.8) is 0 Å². The third-order valence-electron chi connectivity index (χ3n) is 4.59. The highest BCUT2D eigenvalue weighted by Gasteiger charge is 2.34.